The molecule has 4 N–H and O–H groups in total. The number of anilines is 2. The smallest absolute Gasteiger partial charge is 0.489 e. The van der Waals surface area contributed by atoms with E-state index in [4.69, 9.17) is 75.9 Å². The first-order chi connectivity index (χ1) is 70.5. The molecule has 2 amide bonds. The van der Waals surface area contributed by atoms with Gasteiger partial charge in [-0.15, -0.1) is 0 Å². The van der Waals surface area contributed by atoms with Crippen molar-refractivity contribution in [2.24, 2.45) is 0 Å². The highest BCUT2D eigenvalue weighted by molar-refractivity contribution is 9.11. The summed E-state index contributed by atoms with van der Waals surface area (Å²) >= 11 is 10.2. The molecule has 12 aromatic carbocycles. The van der Waals surface area contributed by atoms with Crippen LogP contribution in [0, 0.1) is 11.6 Å². The number of nitrogens with zero attached hydrogens (tertiary/aromatic N) is 2. The van der Waals surface area contributed by atoms with Crippen LogP contribution in [0.4, 0.5) is 29.7 Å². The second-order valence-corrected chi connectivity index (χ2v) is 45.6. The van der Waals surface area contributed by atoms with E-state index in [0.717, 1.165) is 52.2 Å². The van der Waals surface area contributed by atoms with Crippen molar-refractivity contribution in [3.8, 4) is 22.6 Å². The molecule has 149 heavy (non-hydrogen) atoms. The summed E-state index contributed by atoms with van der Waals surface area (Å²) in [6.07, 6.45) is 3.03. The van der Waals surface area contributed by atoms with E-state index < -0.39 is 97.3 Å². The van der Waals surface area contributed by atoms with E-state index in [9.17, 15) is 37.1 Å². The molecule has 0 unspecified atom stereocenters. The van der Waals surface area contributed by atoms with Gasteiger partial charge in [0.25, 0.3) is 0 Å². The lowest BCUT2D eigenvalue weighted by atomic mass is 9.79. The number of para-hydroxylation sites is 2. The molecule has 16 rings (SSSR count). The van der Waals surface area contributed by atoms with Crippen LogP contribution in [0.15, 0.2) is 341 Å². The molecule has 4 saturated heterocycles. The number of halogens is 5. The van der Waals surface area contributed by atoms with Crippen molar-refractivity contribution < 1.29 is 127 Å². The van der Waals surface area contributed by atoms with Crippen molar-refractivity contribution >= 4 is 155 Å². The zero-order valence-corrected chi connectivity index (χ0v) is 93.6. The molecular formula is C111H123B3Br3F2N2O25P3. The quantitative estimate of drug-likeness (QED) is 0.0141. The minimum Gasteiger partial charge on any atom is -0.489 e. The zero-order chi connectivity index (χ0) is 109. The van der Waals surface area contributed by atoms with E-state index in [1.165, 1.54) is 89.1 Å². The number of ether oxygens (including phenoxy) is 4. The Morgan fingerprint density at radius 3 is 1.06 bits per heavy atom. The SMILES string of the molecule is CC(C)(O)C(C)(C)O.CC1(C)OB(c2ccc(Br)cc2)OC1(C)C.COP(=O)(OC)c1ccc(-c2ccc([C@@H]3[C@@H](/C=C/C(=O)c4ccc(F)cc4)OC(=O)N3c3ccccc3)c(OCc3ccccc3)c2)cc1.COP(=O)(OC)c1ccc(B2OC(C)(C)C(C)(C)O2)cc1.COP(OC)OC.O=C(/C=C/[C@H]1OC(=O)N(c2ccccc2)[C@@H]1c1ccc(Br)cc1OCc1ccccc1)c1ccc(F)cc1.OB(O)c1ccc(Br)cc1. The van der Waals surface area contributed by atoms with Crippen LogP contribution in [0.2, 0.25) is 0 Å². The van der Waals surface area contributed by atoms with Crippen molar-refractivity contribution in [3.05, 3.63) is 386 Å². The number of carbonyl (C=O) groups is 4. The van der Waals surface area contributed by atoms with Gasteiger partial charge in [-0.1, -0.05) is 212 Å². The number of carbonyl (C=O) groups excluding carboxylic acids is 4. The Kier molecular flexibility index (Phi) is 44.0. The molecule has 4 fully saturated rings. The van der Waals surface area contributed by atoms with E-state index >= 15 is 0 Å². The van der Waals surface area contributed by atoms with E-state index in [1.807, 2.05) is 234 Å². The first-order valence-electron chi connectivity index (χ1n) is 47.0. The summed E-state index contributed by atoms with van der Waals surface area (Å²) in [5, 5.41) is 36.4. The van der Waals surface area contributed by atoms with Crippen molar-refractivity contribution in [2.45, 2.75) is 154 Å². The summed E-state index contributed by atoms with van der Waals surface area (Å²) in [6.45, 7) is 23.2. The standard InChI is InChI=1S/C39H33FNO7P.C31H23BrFNO4.C14H22BO5P.C12H16BBrO2.C6H6BBrO2.C6H14O2.C3H9O3P/c1-45-49(44,46-2)33-20-15-28(16-21-33)30-17-22-34(37(25-30)47-26-27-9-5-3-6-10-27)38-36(24-23-35(42)29-13-18-31(40)19-14-29)48-39(43)41(38)32-11-7-4-8-12-32;32-23-13-16-26(29(19-23)37-20-21-7-3-1-4-8-21)30-28(18-17-27(35)22-11-14-24(33)15-12-22)38-31(36)34(30)25-9-5-2-6-10-25;1-13(2)14(3,4)20-15(19-13)11-7-9-12(10-8-11)21(16,17-5)18-6;1-11(2)12(3,4)16-13(15-11)9-5-7-10(14)8-6-9;8-6-3-1-5(2-4-6)7(9)10;1-5(2,7)6(3,4)8;1-4-7(5-2)6-3/h3-25,36,38H,26H2,1-2H3;1-19,28,30H,20H2;7-10H,1-6H3;5-8H,1-4H3;1-4,9-10H;7-8H,1-4H3;1-3H3/b24-23+;18-17+;;;;;/t36-,38-;28-,30-;;;;;/m11...../s1. The average molecular weight is 2290 g/mol. The summed E-state index contributed by atoms with van der Waals surface area (Å²) in [5.41, 5.74) is 5.93. The molecule has 38 heteroatoms. The highest BCUT2D eigenvalue weighted by atomic mass is 79.9. The van der Waals surface area contributed by atoms with Crippen LogP contribution in [-0.4, -0.2) is 161 Å². The lowest BCUT2D eigenvalue weighted by Gasteiger charge is -2.32. The summed E-state index contributed by atoms with van der Waals surface area (Å²) in [4.78, 5) is 55.6. The van der Waals surface area contributed by atoms with Crippen LogP contribution in [0.25, 0.3) is 11.1 Å². The number of hydrogen-bond acceptors (Lipinski definition) is 25. The molecule has 4 heterocycles. The van der Waals surface area contributed by atoms with Crippen molar-refractivity contribution in [1.29, 1.82) is 0 Å². The maximum Gasteiger partial charge on any atom is 0.494 e. The third-order valence-electron chi connectivity index (χ3n) is 25.1. The fourth-order valence-corrected chi connectivity index (χ4v) is 18.0. The highest BCUT2D eigenvalue weighted by Gasteiger charge is 2.54. The molecule has 0 aliphatic carbocycles. The van der Waals surface area contributed by atoms with Crippen molar-refractivity contribution in [1.82, 2.24) is 0 Å². The number of amides is 2. The lowest BCUT2D eigenvalue weighted by Crippen LogP contribution is -2.44. The van der Waals surface area contributed by atoms with Crippen LogP contribution >= 0.6 is 71.6 Å². The van der Waals surface area contributed by atoms with Gasteiger partial charge in [0.1, 0.15) is 60.6 Å². The number of benzene rings is 12. The molecule has 12 aromatic rings. The van der Waals surface area contributed by atoms with Gasteiger partial charge in [0, 0.05) is 96.8 Å². The third kappa shape index (κ3) is 33.0. The van der Waals surface area contributed by atoms with E-state index in [1.54, 1.807) is 120 Å². The summed E-state index contributed by atoms with van der Waals surface area (Å²) in [5.74, 6) is -0.482. The zero-order valence-electron chi connectivity index (χ0n) is 86.1. The molecule has 0 radical (unpaired) electrons. The average Bonchev–Trinajstić information content (AvgIpc) is 1.63. The molecular weight excluding hydrogens is 2160 g/mol. The fourth-order valence-electron chi connectivity index (χ4n) is 14.5. The van der Waals surface area contributed by atoms with Crippen LogP contribution in [0.1, 0.15) is 138 Å². The molecule has 0 bridgehead atoms. The Morgan fingerprint density at radius 1 is 0.423 bits per heavy atom. The van der Waals surface area contributed by atoms with Crippen molar-refractivity contribution in [3.63, 3.8) is 0 Å². The second kappa shape index (κ2) is 54.6. The topological polar surface area (TPSA) is 328 Å². The summed E-state index contributed by atoms with van der Waals surface area (Å²) in [7, 11) is 0.261. The number of cyclic esters (lactones) is 2. The van der Waals surface area contributed by atoms with E-state index in [0.29, 0.717) is 62.2 Å². The Balaban J connectivity index is 0.000000198. The Hall–Kier alpha value is -10.6. The first-order valence-corrected chi connectivity index (χ1v) is 53.5. The molecule has 27 nitrogen and oxygen atoms in total. The molecule has 786 valence electrons. The van der Waals surface area contributed by atoms with E-state index in [-0.39, 0.29) is 47.7 Å². The molecule has 0 spiro atoms. The van der Waals surface area contributed by atoms with Crippen LogP contribution in [-0.2, 0) is 82.1 Å². The van der Waals surface area contributed by atoms with Gasteiger partial charge in [0.2, 0.25) is 0 Å². The van der Waals surface area contributed by atoms with Gasteiger partial charge in [-0.3, -0.25) is 28.5 Å². The maximum atomic E-state index is 13.5. The normalized spacial score (nSPS) is 16.9. The Morgan fingerprint density at radius 2 is 0.732 bits per heavy atom. The molecule has 4 aliphatic heterocycles. The maximum absolute atomic E-state index is 13.5. The third-order valence-corrected chi connectivity index (χ3v) is 31.3. The fraction of sp³-hybridized carbons (Fsp3) is 0.279. The predicted octanol–water partition coefficient (Wildman–Crippen LogP) is 23.0. The van der Waals surface area contributed by atoms with Gasteiger partial charge >= 0.3 is 57.3 Å². The Bertz CT molecular complexity index is 6450. The monoisotopic (exact) mass is 2280 g/mol. The summed E-state index contributed by atoms with van der Waals surface area (Å²) in [6, 6.07) is 87.3. The first kappa shape index (κ1) is 120. The molecule has 0 saturated carbocycles. The van der Waals surface area contributed by atoms with Gasteiger partial charge in [0.15, 0.2) is 11.6 Å². The van der Waals surface area contributed by atoms with Crippen LogP contribution in [0.3, 0.4) is 0 Å². The molecule has 4 aliphatic rings. The van der Waals surface area contributed by atoms with Gasteiger partial charge < -0.3 is 89.5 Å². The Labute approximate surface area is 897 Å². The molecule has 0 aromatic heterocycles. The van der Waals surface area contributed by atoms with Gasteiger partial charge in [-0.25, -0.2) is 18.4 Å². The number of aliphatic hydroxyl groups is 2. The number of ketones is 2. The van der Waals surface area contributed by atoms with Crippen LogP contribution in [0.5, 0.6) is 11.5 Å². The van der Waals surface area contributed by atoms with E-state index in [2.05, 4.69) is 89.1 Å². The number of rotatable bonds is 30. The minimum atomic E-state index is -3.43. The predicted molar refractivity (Wildman–Crippen MR) is 590 cm³/mol. The summed E-state index contributed by atoms with van der Waals surface area (Å²) < 4.78 is 137. The van der Waals surface area contributed by atoms with Crippen molar-refractivity contribution in [2.75, 3.05) is 59.6 Å². The highest BCUT2D eigenvalue weighted by Crippen LogP contribution is 2.50. The van der Waals surface area contributed by atoms with Gasteiger partial charge in [-0.2, -0.15) is 0 Å². The molecule has 4 atom stereocenters. The number of allylic oxidation sites excluding steroid dienone is 2. The van der Waals surface area contributed by atoms with Gasteiger partial charge in [0.05, 0.1) is 44.2 Å². The minimum absolute atomic E-state index is 0.248. The lowest BCUT2D eigenvalue weighted by molar-refractivity contribution is -0.107. The van der Waals surface area contributed by atoms with Crippen LogP contribution < -0.4 is 46.3 Å². The second-order valence-electron chi connectivity index (χ2n) is 36.8. The van der Waals surface area contributed by atoms with Gasteiger partial charge in [-0.05, 0) is 286 Å². The number of hydrogen-bond donors (Lipinski definition) is 4. The largest absolute Gasteiger partial charge is 0.494 e.